The van der Waals surface area contributed by atoms with E-state index in [9.17, 15) is 0 Å². The van der Waals surface area contributed by atoms with Gasteiger partial charge in [-0.2, -0.15) is 0 Å². The predicted octanol–water partition coefficient (Wildman–Crippen LogP) is 2.18. The molecule has 1 rings (SSSR count). The van der Waals surface area contributed by atoms with Gasteiger partial charge in [0.05, 0.1) is 6.04 Å². The Labute approximate surface area is 75.9 Å². The lowest BCUT2D eigenvalue weighted by Gasteiger charge is -2.19. The first kappa shape index (κ1) is 9.61. The molecule has 1 atom stereocenters. The van der Waals surface area contributed by atoms with Crippen LogP contribution in [0.1, 0.15) is 40.0 Å². The molecule has 1 fully saturated rings. The third-order valence-electron chi connectivity index (χ3n) is 1.93. The molecule has 0 aliphatic carbocycles. The van der Waals surface area contributed by atoms with Crippen molar-refractivity contribution >= 4 is 0 Å². The highest BCUT2D eigenvalue weighted by Crippen LogP contribution is 2.11. The Kier molecular flexibility index (Phi) is 3.17. The van der Waals surface area contributed by atoms with Crippen LogP contribution >= 0.6 is 0 Å². The normalized spacial score (nSPS) is 24.4. The summed E-state index contributed by atoms with van der Waals surface area (Å²) in [4.78, 5) is 0. The van der Waals surface area contributed by atoms with Crippen molar-refractivity contribution in [3.63, 3.8) is 0 Å². The SMILES string of the molecule is CC(C)(C)C#CC1CCCCN1. The van der Waals surface area contributed by atoms with Gasteiger partial charge >= 0.3 is 0 Å². The summed E-state index contributed by atoms with van der Waals surface area (Å²) in [5.41, 5.74) is 0.152. The van der Waals surface area contributed by atoms with Gasteiger partial charge in [0.2, 0.25) is 0 Å². The molecule has 1 heteroatoms. The lowest BCUT2D eigenvalue weighted by molar-refractivity contribution is 0.461. The van der Waals surface area contributed by atoms with Crippen molar-refractivity contribution in [3.05, 3.63) is 0 Å². The highest BCUT2D eigenvalue weighted by Gasteiger charge is 2.10. The molecule has 0 bridgehead atoms. The van der Waals surface area contributed by atoms with Crippen molar-refractivity contribution in [2.75, 3.05) is 6.54 Å². The van der Waals surface area contributed by atoms with Crippen LogP contribution in [0.25, 0.3) is 0 Å². The van der Waals surface area contributed by atoms with Crippen molar-refractivity contribution < 1.29 is 0 Å². The van der Waals surface area contributed by atoms with Crippen molar-refractivity contribution in [3.8, 4) is 11.8 Å². The average molecular weight is 165 g/mol. The van der Waals surface area contributed by atoms with E-state index in [1.165, 1.54) is 19.3 Å². The summed E-state index contributed by atoms with van der Waals surface area (Å²) >= 11 is 0. The molecular weight excluding hydrogens is 146 g/mol. The van der Waals surface area contributed by atoms with Crippen LogP contribution in [0.5, 0.6) is 0 Å². The molecule has 1 nitrogen and oxygen atoms in total. The maximum atomic E-state index is 3.42. The molecule has 0 amide bonds. The molecule has 68 valence electrons. The Balaban J connectivity index is 2.41. The van der Waals surface area contributed by atoms with E-state index in [4.69, 9.17) is 0 Å². The maximum Gasteiger partial charge on any atom is 0.0689 e. The Morgan fingerprint density at radius 2 is 2.00 bits per heavy atom. The minimum Gasteiger partial charge on any atom is -0.304 e. The number of rotatable bonds is 0. The zero-order valence-electron chi connectivity index (χ0n) is 8.41. The minimum atomic E-state index is 0.152. The number of nitrogens with one attached hydrogen (secondary N) is 1. The Morgan fingerprint density at radius 1 is 1.25 bits per heavy atom. The summed E-state index contributed by atoms with van der Waals surface area (Å²) in [7, 11) is 0. The zero-order chi connectivity index (χ0) is 9.03. The third-order valence-corrected chi connectivity index (χ3v) is 1.93. The summed E-state index contributed by atoms with van der Waals surface area (Å²) in [6.45, 7) is 7.61. The smallest absolute Gasteiger partial charge is 0.0689 e. The molecule has 1 saturated heterocycles. The van der Waals surface area contributed by atoms with Gasteiger partial charge < -0.3 is 5.32 Å². The van der Waals surface area contributed by atoms with Crippen LogP contribution in [-0.4, -0.2) is 12.6 Å². The van der Waals surface area contributed by atoms with Gasteiger partial charge in [-0.05, 0) is 46.6 Å². The van der Waals surface area contributed by atoms with Crippen LogP contribution in [0.15, 0.2) is 0 Å². The van der Waals surface area contributed by atoms with Crippen LogP contribution < -0.4 is 5.32 Å². The molecule has 0 radical (unpaired) electrons. The quantitative estimate of drug-likeness (QED) is 0.542. The van der Waals surface area contributed by atoms with E-state index in [2.05, 4.69) is 37.9 Å². The molecule has 0 saturated carbocycles. The van der Waals surface area contributed by atoms with Crippen molar-refractivity contribution in [2.45, 2.75) is 46.1 Å². The monoisotopic (exact) mass is 165 g/mol. The largest absolute Gasteiger partial charge is 0.304 e. The number of hydrogen-bond donors (Lipinski definition) is 1. The molecule has 0 spiro atoms. The standard InChI is InChI=1S/C11H19N/c1-11(2,3)8-7-10-6-4-5-9-12-10/h10,12H,4-6,9H2,1-3H3. The highest BCUT2D eigenvalue weighted by atomic mass is 14.9. The Bertz CT molecular complexity index is 183. The van der Waals surface area contributed by atoms with E-state index >= 15 is 0 Å². The highest BCUT2D eigenvalue weighted by molar-refractivity contribution is 5.13. The van der Waals surface area contributed by atoms with Crippen LogP contribution in [0.3, 0.4) is 0 Å². The van der Waals surface area contributed by atoms with E-state index in [1.807, 2.05) is 0 Å². The van der Waals surface area contributed by atoms with E-state index in [0.29, 0.717) is 6.04 Å². The minimum absolute atomic E-state index is 0.152. The second kappa shape index (κ2) is 3.96. The molecule has 1 unspecified atom stereocenters. The van der Waals surface area contributed by atoms with E-state index in [1.54, 1.807) is 0 Å². The van der Waals surface area contributed by atoms with Crippen molar-refractivity contribution in [2.24, 2.45) is 5.41 Å². The van der Waals surface area contributed by atoms with Gasteiger partial charge in [0, 0.05) is 5.41 Å². The van der Waals surface area contributed by atoms with E-state index in [-0.39, 0.29) is 5.41 Å². The molecule has 12 heavy (non-hydrogen) atoms. The third kappa shape index (κ3) is 3.78. The summed E-state index contributed by atoms with van der Waals surface area (Å²) in [5, 5.41) is 3.42. The lowest BCUT2D eigenvalue weighted by Crippen LogP contribution is -2.32. The summed E-state index contributed by atoms with van der Waals surface area (Å²) in [6, 6.07) is 0.456. The van der Waals surface area contributed by atoms with Gasteiger partial charge in [-0.1, -0.05) is 11.8 Å². The van der Waals surface area contributed by atoms with E-state index < -0.39 is 0 Å². The van der Waals surface area contributed by atoms with Crippen molar-refractivity contribution in [1.29, 1.82) is 0 Å². The fourth-order valence-corrected chi connectivity index (χ4v) is 1.28. The van der Waals surface area contributed by atoms with Crippen LogP contribution in [0.4, 0.5) is 0 Å². The second-order valence-corrected chi connectivity index (χ2v) is 4.52. The summed E-state index contributed by atoms with van der Waals surface area (Å²) < 4.78 is 0. The Morgan fingerprint density at radius 3 is 2.50 bits per heavy atom. The van der Waals surface area contributed by atoms with Crippen molar-refractivity contribution in [1.82, 2.24) is 5.32 Å². The van der Waals surface area contributed by atoms with Crippen LogP contribution in [0.2, 0.25) is 0 Å². The first-order valence-corrected chi connectivity index (χ1v) is 4.84. The van der Waals surface area contributed by atoms with Crippen LogP contribution in [-0.2, 0) is 0 Å². The lowest BCUT2D eigenvalue weighted by atomic mass is 9.96. The summed E-state index contributed by atoms with van der Waals surface area (Å²) in [6.07, 6.45) is 3.87. The first-order valence-electron chi connectivity index (χ1n) is 4.84. The average Bonchev–Trinajstić information content (AvgIpc) is 2.02. The predicted molar refractivity (Wildman–Crippen MR) is 52.9 cm³/mol. The van der Waals surface area contributed by atoms with Gasteiger partial charge in [-0.3, -0.25) is 0 Å². The molecule has 0 aromatic heterocycles. The molecule has 1 aliphatic rings. The fraction of sp³-hybridized carbons (Fsp3) is 0.818. The molecule has 1 heterocycles. The van der Waals surface area contributed by atoms with E-state index in [0.717, 1.165) is 6.54 Å². The molecule has 1 N–H and O–H groups in total. The van der Waals surface area contributed by atoms with Gasteiger partial charge in [-0.15, -0.1) is 0 Å². The maximum absolute atomic E-state index is 3.42. The van der Waals surface area contributed by atoms with Gasteiger partial charge in [0.1, 0.15) is 0 Å². The molecular formula is C11H19N. The number of piperidine rings is 1. The molecule has 0 aromatic rings. The topological polar surface area (TPSA) is 12.0 Å². The summed E-state index contributed by atoms with van der Waals surface area (Å²) in [5.74, 6) is 6.58. The number of hydrogen-bond acceptors (Lipinski definition) is 1. The molecule has 1 aliphatic heterocycles. The van der Waals surface area contributed by atoms with Gasteiger partial charge in [-0.25, -0.2) is 0 Å². The van der Waals surface area contributed by atoms with Gasteiger partial charge in [0.15, 0.2) is 0 Å². The zero-order valence-corrected chi connectivity index (χ0v) is 8.41. The first-order chi connectivity index (χ1) is 5.58. The Hall–Kier alpha value is -0.480. The van der Waals surface area contributed by atoms with Crippen LogP contribution in [0, 0.1) is 17.3 Å². The van der Waals surface area contributed by atoms with Gasteiger partial charge in [0.25, 0.3) is 0 Å². The molecule has 0 aromatic carbocycles. The fourth-order valence-electron chi connectivity index (χ4n) is 1.28. The second-order valence-electron chi connectivity index (χ2n) is 4.52.